The molecule has 1 saturated carbocycles. The summed E-state index contributed by atoms with van der Waals surface area (Å²) < 4.78 is 10.4. The zero-order valence-corrected chi connectivity index (χ0v) is 13.1. The van der Waals surface area contributed by atoms with Crippen molar-refractivity contribution in [2.45, 2.75) is 52.1 Å². The number of ether oxygens (including phenoxy) is 2. The van der Waals surface area contributed by atoms with Crippen LogP contribution in [0.3, 0.4) is 0 Å². The first-order valence-electron chi connectivity index (χ1n) is 7.31. The van der Waals surface area contributed by atoms with Crippen LogP contribution in [0.5, 0.6) is 0 Å². The second kappa shape index (κ2) is 8.10. The van der Waals surface area contributed by atoms with E-state index in [4.69, 9.17) is 9.47 Å². The fourth-order valence-electron chi connectivity index (χ4n) is 2.34. The zero-order chi connectivity index (χ0) is 16.9. The van der Waals surface area contributed by atoms with Crippen molar-refractivity contribution in [2.24, 2.45) is 11.8 Å². The average molecular weight is 312 g/mol. The van der Waals surface area contributed by atoms with Crippen LogP contribution in [0.25, 0.3) is 0 Å². The molecule has 0 aromatic carbocycles. The summed E-state index contributed by atoms with van der Waals surface area (Å²) in [6.07, 6.45) is -0.0948. The fourth-order valence-corrected chi connectivity index (χ4v) is 2.34. The number of rotatable bonds is 6. The molecule has 0 atom stereocenters. The lowest BCUT2D eigenvalue weighted by Gasteiger charge is -2.33. The molecule has 0 radical (unpaired) electrons. The van der Waals surface area contributed by atoms with Crippen molar-refractivity contribution in [1.29, 1.82) is 0 Å². The van der Waals surface area contributed by atoms with Crippen molar-refractivity contribution >= 4 is 11.9 Å². The Morgan fingerprint density at radius 3 is 1.59 bits per heavy atom. The van der Waals surface area contributed by atoms with Gasteiger partial charge < -0.3 is 19.7 Å². The van der Waals surface area contributed by atoms with Gasteiger partial charge in [0, 0.05) is 23.0 Å². The Balaban J connectivity index is 2.73. The van der Waals surface area contributed by atoms with Crippen LogP contribution in [-0.4, -0.2) is 34.7 Å². The minimum absolute atomic E-state index is 0.179. The zero-order valence-electron chi connectivity index (χ0n) is 13.1. The monoisotopic (exact) mass is 312 g/mol. The smallest absolute Gasteiger partial charge is 0.336 e. The lowest BCUT2D eigenvalue weighted by Crippen LogP contribution is -2.36. The van der Waals surface area contributed by atoms with Gasteiger partial charge in [-0.15, -0.1) is 0 Å². The summed E-state index contributed by atoms with van der Waals surface area (Å²) in [5.41, 5.74) is 0.437. The van der Waals surface area contributed by atoms with Gasteiger partial charge in [0.05, 0.1) is 0 Å². The predicted octanol–water partition coefficient (Wildman–Crippen LogP) is 1.67. The van der Waals surface area contributed by atoms with Crippen molar-refractivity contribution in [3.8, 4) is 0 Å². The topological polar surface area (TPSA) is 93.1 Å². The van der Waals surface area contributed by atoms with Crippen LogP contribution in [-0.2, 0) is 19.1 Å². The van der Waals surface area contributed by atoms with E-state index in [1.807, 2.05) is 0 Å². The van der Waals surface area contributed by atoms with Gasteiger partial charge in [-0.2, -0.15) is 0 Å². The highest BCUT2D eigenvalue weighted by molar-refractivity contribution is 5.88. The predicted molar refractivity (Wildman–Crippen MR) is 79.3 cm³/mol. The van der Waals surface area contributed by atoms with Crippen molar-refractivity contribution in [3.05, 3.63) is 24.3 Å². The number of aliphatic hydroxyl groups excluding tert-OH is 1. The molecule has 0 aliphatic heterocycles. The molecule has 124 valence electrons. The van der Waals surface area contributed by atoms with Crippen molar-refractivity contribution < 1.29 is 29.3 Å². The maximum atomic E-state index is 11.7. The molecular formula is C16H24O6. The standard InChI is InChI=1S/C16H24O6/c1-9(2)14(19)21-16(22-15(20)10(3)4)12-7-5-11(6-8-12)13(17)18/h11-13,16-18H,1,3,5-8H2,2,4H3. The molecule has 1 rings (SSSR count). The van der Waals surface area contributed by atoms with E-state index in [0.29, 0.717) is 25.7 Å². The summed E-state index contributed by atoms with van der Waals surface area (Å²) in [4.78, 5) is 23.4. The van der Waals surface area contributed by atoms with Gasteiger partial charge in [-0.1, -0.05) is 13.2 Å². The third-order valence-corrected chi connectivity index (χ3v) is 3.77. The van der Waals surface area contributed by atoms with E-state index in [-0.39, 0.29) is 23.0 Å². The summed E-state index contributed by atoms with van der Waals surface area (Å²) in [5, 5.41) is 18.4. The molecule has 1 fully saturated rings. The first-order chi connectivity index (χ1) is 10.2. The molecule has 6 heteroatoms. The van der Waals surface area contributed by atoms with E-state index in [2.05, 4.69) is 13.2 Å². The Kier molecular flexibility index (Phi) is 6.77. The molecule has 22 heavy (non-hydrogen) atoms. The number of carbonyl (C=O) groups excluding carboxylic acids is 2. The van der Waals surface area contributed by atoms with Crippen LogP contribution in [0.1, 0.15) is 39.5 Å². The molecule has 0 amide bonds. The largest absolute Gasteiger partial charge is 0.421 e. The van der Waals surface area contributed by atoms with Crippen molar-refractivity contribution in [3.63, 3.8) is 0 Å². The number of hydrogen-bond donors (Lipinski definition) is 2. The third-order valence-electron chi connectivity index (χ3n) is 3.77. The quantitative estimate of drug-likeness (QED) is 0.440. The van der Waals surface area contributed by atoms with Crippen LogP contribution in [0.2, 0.25) is 0 Å². The Labute approximate surface area is 130 Å². The highest BCUT2D eigenvalue weighted by Crippen LogP contribution is 2.34. The molecule has 2 N–H and O–H groups in total. The summed E-state index contributed by atoms with van der Waals surface area (Å²) in [7, 11) is 0. The molecule has 0 aromatic heterocycles. The molecule has 0 saturated heterocycles. The van der Waals surface area contributed by atoms with E-state index >= 15 is 0 Å². The third kappa shape index (κ3) is 5.27. The van der Waals surface area contributed by atoms with Crippen molar-refractivity contribution in [2.75, 3.05) is 0 Å². The van der Waals surface area contributed by atoms with Gasteiger partial charge in [0.2, 0.25) is 0 Å². The number of aliphatic hydroxyl groups is 2. The van der Waals surface area contributed by atoms with Gasteiger partial charge in [0.1, 0.15) is 0 Å². The molecular weight excluding hydrogens is 288 g/mol. The van der Waals surface area contributed by atoms with E-state index in [1.165, 1.54) is 13.8 Å². The molecule has 1 aliphatic carbocycles. The first kappa shape index (κ1) is 18.4. The minimum Gasteiger partial charge on any atom is -0.421 e. The molecule has 0 bridgehead atoms. The van der Waals surface area contributed by atoms with Gasteiger partial charge in [-0.3, -0.25) is 0 Å². The van der Waals surface area contributed by atoms with Crippen LogP contribution < -0.4 is 0 Å². The van der Waals surface area contributed by atoms with Crippen LogP contribution in [0.15, 0.2) is 24.3 Å². The SMILES string of the molecule is C=C(C)C(=O)OC(OC(=O)C(=C)C)C1CCC(C(O)O)CC1. The van der Waals surface area contributed by atoms with Crippen molar-refractivity contribution in [1.82, 2.24) is 0 Å². The summed E-state index contributed by atoms with van der Waals surface area (Å²) in [5.74, 6) is -1.63. The second-order valence-electron chi connectivity index (χ2n) is 5.83. The maximum absolute atomic E-state index is 11.7. The van der Waals surface area contributed by atoms with E-state index in [1.54, 1.807) is 0 Å². The van der Waals surface area contributed by atoms with Crippen LogP contribution in [0, 0.1) is 11.8 Å². The highest BCUT2D eigenvalue weighted by Gasteiger charge is 2.34. The van der Waals surface area contributed by atoms with E-state index < -0.39 is 24.5 Å². The Morgan fingerprint density at radius 2 is 1.27 bits per heavy atom. The number of carbonyl (C=O) groups is 2. The van der Waals surface area contributed by atoms with E-state index in [9.17, 15) is 19.8 Å². The van der Waals surface area contributed by atoms with Gasteiger partial charge in [-0.05, 0) is 39.5 Å². The van der Waals surface area contributed by atoms with Crippen LogP contribution in [0.4, 0.5) is 0 Å². The van der Waals surface area contributed by atoms with E-state index in [0.717, 1.165) is 0 Å². The van der Waals surface area contributed by atoms with Gasteiger partial charge >= 0.3 is 11.9 Å². The average Bonchev–Trinajstić information content (AvgIpc) is 2.46. The summed E-state index contributed by atoms with van der Waals surface area (Å²) in [6.45, 7) is 10.0. The first-order valence-corrected chi connectivity index (χ1v) is 7.31. The van der Waals surface area contributed by atoms with Gasteiger partial charge in [0.25, 0.3) is 6.29 Å². The normalized spacial score (nSPS) is 21.5. The minimum atomic E-state index is -1.35. The van der Waals surface area contributed by atoms with Gasteiger partial charge in [-0.25, -0.2) is 9.59 Å². The van der Waals surface area contributed by atoms with Gasteiger partial charge in [0.15, 0.2) is 6.29 Å². The lowest BCUT2D eigenvalue weighted by atomic mass is 9.81. The number of hydrogen-bond acceptors (Lipinski definition) is 6. The molecule has 0 aromatic rings. The fraction of sp³-hybridized carbons (Fsp3) is 0.625. The molecule has 0 unspecified atom stereocenters. The Hall–Kier alpha value is -1.66. The molecule has 0 heterocycles. The summed E-state index contributed by atoms with van der Waals surface area (Å²) in [6, 6.07) is 0. The Morgan fingerprint density at radius 1 is 0.909 bits per heavy atom. The highest BCUT2D eigenvalue weighted by atomic mass is 16.7. The molecule has 1 aliphatic rings. The van der Waals surface area contributed by atoms with Crippen LogP contribution >= 0.6 is 0 Å². The molecule has 6 nitrogen and oxygen atoms in total. The number of esters is 2. The maximum Gasteiger partial charge on any atom is 0.336 e. The summed E-state index contributed by atoms with van der Waals surface area (Å²) >= 11 is 0. The second-order valence-corrected chi connectivity index (χ2v) is 5.83. The molecule has 0 spiro atoms. The Bertz CT molecular complexity index is 418. The lowest BCUT2D eigenvalue weighted by molar-refractivity contribution is -0.197.